The fraction of sp³-hybridized carbons (Fsp3) is 0.545. The highest BCUT2D eigenvalue weighted by molar-refractivity contribution is 5.93. The van der Waals surface area contributed by atoms with Gasteiger partial charge in [-0.15, -0.1) is 0 Å². The van der Waals surface area contributed by atoms with Crippen molar-refractivity contribution in [2.24, 2.45) is 0 Å². The van der Waals surface area contributed by atoms with Crippen molar-refractivity contribution < 1.29 is 4.79 Å². The Bertz CT molecular complexity index is 446. The lowest BCUT2D eigenvalue weighted by atomic mass is 10.2. The van der Waals surface area contributed by atoms with Crippen LogP contribution in [-0.2, 0) is 4.79 Å². The number of H-pyrrole nitrogens is 1. The van der Waals surface area contributed by atoms with E-state index in [2.05, 4.69) is 25.7 Å². The molecule has 0 aliphatic carbocycles. The van der Waals surface area contributed by atoms with Gasteiger partial charge >= 0.3 is 0 Å². The van der Waals surface area contributed by atoms with Crippen molar-refractivity contribution in [1.29, 1.82) is 0 Å². The van der Waals surface area contributed by atoms with E-state index in [-0.39, 0.29) is 17.5 Å². The standard InChI is InChI=1S/C11H17N5O2/c1-8(16-6-4-12-5-7-16)11(18)13-9-2-3-10(17)15-14-9/h2-3,8,12H,4-7H2,1H3,(H,15,17)(H,13,14,18). The highest BCUT2D eigenvalue weighted by Crippen LogP contribution is 2.04. The van der Waals surface area contributed by atoms with E-state index in [1.54, 1.807) is 0 Å². The Morgan fingerprint density at radius 1 is 1.44 bits per heavy atom. The maximum absolute atomic E-state index is 12.0. The van der Waals surface area contributed by atoms with Crippen LogP contribution in [0.4, 0.5) is 5.82 Å². The molecule has 1 aromatic rings. The molecular formula is C11H17N5O2. The van der Waals surface area contributed by atoms with Crippen LogP contribution in [0, 0.1) is 0 Å². The van der Waals surface area contributed by atoms with Crippen LogP contribution in [0.25, 0.3) is 0 Å². The summed E-state index contributed by atoms with van der Waals surface area (Å²) in [6.07, 6.45) is 0. The van der Waals surface area contributed by atoms with Gasteiger partial charge in [-0.1, -0.05) is 0 Å². The van der Waals surface area contributed by atoms with Gasteiger partial charge < -0.3 is 10.6 Å². The number of carbonyl (C=O) groups is 1. The van der Waals surface area contributed by atoms with Gasteiger partial charge in [-0.25, -0.2) is 5.10 Å². The third kappa shape index (κ3) is 3.14. The minimum Gasteiger partial charge on any atom is -0.314 e. The van der Waals surface area contributed by atoms with Gasteiger partial charge in [-0.05, 0) is 13.0 Å². The number of amides is 1. The number of piperazine rings is 1. The van der Waals surface area contributed by atoms with Gasteiger partial charge in [0.1, 0.15) is 0 Å². The second-order valence-electron chi connectivity index (χ2n) is 4.26. The first-order valence-electron chi connectivity index (χ1n) is 5.98. The Hall–Kier alpha value is -1.73. The zero-order valence-electron chi connectivity index (χ0n) is 10.3. The van der Waals surface area contributed by atoms with Crippen molar-refractivity contribution in [2.75, 3.05) is 31.5 Å². The summed E-state index contributed by atoms with van der Waals surface area (Å²) >= 11 is 0. The fourth-order valence-electron chi connectivity index (χ4n) is 1.88. The van der Waals surface area contributed by atoms with E-state index >= 15 is 0 Å². The molecule has 1 aliphatic rings. The maximum atomic E-state index is 12.0. The first kappa shape index (κ1) is 12.7. The van der Waals surface area contributed by atoms with Crippen molar-refractivity contribution in [3.05, 3.63) is 22.5 Å². The maximum Gasteiger partial charge on any atom is 0.264 e. The van der Waals surface area contributed by atoms with Crippen molar-refractivity contribution in [1.82, 2.24) is 20.4 Å². The number of nitrogens with one attached hydrogen (secondary N) is 3. The molecule has 2 heterocycles. The number of hydrogen-bond acceptors (Lipinski definition) is 5. The summed E-state index contributed by atoms with van der Waals surface area (Å²) in [5, 5.41) is 11.9. The topological polar surface area (TPSA) is 90.1 Å². The number of aromatic amines is 1. The van der Waals surface area contributed by atoms with E-state index in [0.717, 1.165) is 26.2 Å². The lowest BCUT2D eigenvalue weighted by Gasteiger charge is -2.31. The summed E-state index contributed by atoms with van der Waals surface area (Å²) in [5.74, 6) is 0.248. The molecule has 1 fully saturated rings. The average Bonchev–Trinajstić information content (AvgIpc) is 2.41. The Morgan fingerprint density at radius 2 is 2.17 bits per heavy atom. The number of nitrogens with zero attached hydrogens (tertiary/aromatic N) is 2. The van der Waals surface area contributed by atoms with Crippen molar-refractivity contribution in [2.45, 2.75) is 13.0 Å². The Kier molecular flexibility index (Phi) is 4.06. The molecule has 1 unspecified atom stereocenters. The van der Waals surface area contributed by atoms with Gasteiger partial charge in [0.25, 0.3) is 5.56 Å². The third-order valence-corrected chi connectivity index (χ3v) is 3.01. The van der Waals surface area contributed by atoms with Gasteiger partial charge in [0, 0.05) is 32.2 Å². The summed E-state index contributed by atoms with van der Waals surface area (Å²) in [5.41, 5.74) is -0.289. The largest absolute Gasteiger partial charge is 0.314 e. The molecule has 3 N–H and O–H groups in total. The lowest BCUT2D eigenvalue weighted by molar-refractivity contribution is -0.121. The van der Waals surface area contributed by atoms with Crippen LogP contribution in [0.1, 0.15) is 6.92 Å². The van der Waals surface area contributed by atoms with E-state index < -0.39 is 0 Å². The van der Waals surface area contributed by atoms with Crippen molar-refractivity contribution >= 4 is 11.7 Å². The smallest absolute Gasteiger partial charge is 0.264 e. The van der Waals surface area contributed by atoms with E-state index in [9.17, 15) is 9.59 Å². The van der Waals surface area contributed by atoms with Gasteiger partial charge in [0.05, 0.1) is 6.04 Å². The molecule has 1 aliphatic heterocycles. The second kappa shape index (κ2) is 5.74. The van der Waals surface area contributed by atoms with Gasteiger partial charge in [-0.3, -0.25) is 14.5 Å². The first-order chi connectivity index (χ1) is 8.66. The zero-order valence-corrected chi connectivity index (χ0v) is 10.3. The van der Waals surface area contributed by atoms with E-state index in [4.69, 9.17) is 0 Å². The molecule has 0 spiro atoms. The highest BCUT2D eigenvalue weighted by Gasteiger charge is 2.22. The third-order valence-electron chi connectivity index (χ3n) is 3.01. The number of carbonyl (C=O) groups excluding carboxylic acids is 1. The van der Waals surface area contributed by atoms with Crippen LogP contribution in [0.15, 0.2) is 16.9 Å². The molecule has 0 saturated carbocycles. The highest BCUT2D eigenvalue weighted by atomic mass is 16.2. The summed E-state index contributed by atoms with van der Waals surface area (Å²) < 4.78 is 0. The molecule has 1 amide bonds. The molecule has 1 saturated heterocycles. The summed E-state index contributed by atoms with van der Waals surface area (Å²) in [6.45, 7) is 5.37. The second-order valence-corrected chi connectivity index (χ2v) is 4.26. The molecule has 2 rings (SSSR count). The molecule has 0 aromatic carbocycles. The molecule has 7 heteroatoms. The summed E-state index contributed by atoms with van der Waals surface area (Å²) in [7, 11) is 0. The minimum absolute atomic E-state index is 0.114. The lowest BCUT2D eigenvalue weighted by Crippen LogP contribution is -2.51. The van der Waals surface area contributed by atoms with Gasteiger partial charge in [-0.2, -0.15) is 5.10 Å². The van der Waals surface area contributed by atoms with Crippen molar-refractivity contribution in [3.8, 4) is 0 Å². The normalized spacial score (nSPS) is 18.3. The molecule has 0 bridgehead atoms. The quantitative estimate of drug-likeness (QED) is 0.641. The Labute approximate surface area is 105 Å². The zero-order chi connectivity index (χ0) is 13.0. The van der Waals surface area contributed by atoms with Crippen LogP contribution in [0.2, 0.25) is 0 Å². The van der Waals surface area contributed by atoms with Crippen LogP contribution in [-0.4, -0.2) is 53.2 Å². The minimum atomic E-state index is -0.289. The van der Waals surface area contributed by atoms with Gasteiger partial charge in [0.2, 0.25) is 5.91 Å². The summed E-state index contributed by atoms with van der Waals surface area (Å²) in [4.78, 5) is 24.9. The molecule has 0 radical (unpaired) electrons. The molecule has 7 nitrogen and oxygen atoms in total. The number of rotatable bonds is 3. The molecule has 1 atom stereocenters. The van der Waals surface area contributed by atoms with Crippen molar-refractivity contribution in [3.63, 3.8) is 0 Å². The average molecular weight is 251 g/mol. The Balaban J connectivity index is 1.94. The number of anilines is 1. The number of hydrogen-bond donors (Lipinski definition) is 3. The van der Waals surface area contributed by atoms with Crippen LogP contribution in [0.3, 0.4) is 0 Å². The van der Waals surface area contributed by atoms with Crippen LogP contribution < -0.4 is 16.2 Å². The summed E-state index contributed by atoms with van der Waals surface area (Å²) in [6, 6.07) is 2.61. The van der Waals surface area contributed by atoms with E-state index in [1.165, 1.54) is 12.1 Å². The Morgan fingerprint density at radius 3 is 2.78 bits per heavy atom. The van der Waals surface area contributed by atoms with Gasteiger partial charge in [0.15, 0.2) is 5.82 Å². The molecule has 98 valence electrons. The van der Waals surface area contributed by atoms with E-state index in [0.29, 0.717) is 5.82 Å². The SMILES string of the molecule is CC(C(=O)Nc1ccc(=O)[nH]n1)N1CCNCC1. The molecule has 1 aromatic heterocycles. The molecule has 18 heavy (non-hydrogen) atoms. The first-order valence-corrected chi connectivity index (χ1v) is 5.98. The van der Waals surface area contributed by atoms with Crippen LogP contribution >= 0.6 is 0 Å². The van der Waals surface area contributed by atoms with Crippen LogP contribution in [0.5, 0.6) is 0 Å². The number of aromatic nitrogens is 2. The van der Waals surface area contributed by atoms with E-state index in [1.807, 2.05) is 6.92 Å². The monoisotopic (exact) mass is 251 g/mol. The predicted molar refractivity (Wildman–Crippen MR) is 67.4 cm³/mol. The molecular weight excluding hydrogens is 234 g/mol. The fourth-order valence-corrected chi connectivity index (χ4v) is 1.88. The predicted octanol–water partition coefficient (Wildman–Crippen LogP) is -0.998.